The Morgan fingerprint density at radius 3 is 2.43 bits per heavy atom. The van der Waals surface area contributed by atoms with Crippen LogP contribution in [0.25, 0.3) is 0 Å². The molecule has 0 rings (SSSR count). The van der Waals surface area contributed by atoms with Crippen LogP contribution in [0.15, 0.2) is 12.2 Å². The van der Waals surface area contributed by atoms with E-state index in [0.29, 0.717) is 6.42 Å². The molecule has 0 bridgehead atoms. The van der Waals surface area contributed by atoms with Gasteiger partial charge in [0.15, 0.2) is 0 Å². The van der Waals surface area contributed by atoms with Crippen molar-refractivity contribution in [3.63, 3.8) is 0 Å². The maximum absolute atomic E-state index is 11.8. The Hall–Kier alpha value is -1.00. The number of halogens is 3. The summed E-state index contributed by atoms with van der Waals surface area (Å²) in [5, 5.41) is 0. The zero-order valence-corrected chi connectivity index (χ0v) is 7.99. The molecule has 0 aliphatic rings. The summed E-state index contributed by atoms with van der Waals surface area (Å²) in [5.41, 5.74) is -0.548. The number of hydrogen-bond acceptors (Lipinski definition) is 2. The van der Waals surface area contributed by atoms with Crippen LogP contribution in [-0.2, 0) is 9.53 Å². The standard InChI is InChI=1S/C9H13F3O2/c1-3-4-5-14-8(13)7(2)6-9(10,11)12/h2-6H2,1H3. The van der Waals surface area contributed by atoms with Crippen molar-refractivity contribution in [2.45, 2.75) is 32.4 Å². The molecule has 0 N–H and O–H groups in total. The Bertz CT molecular complexity index is 209. The van der Waals surface area contributed by atoms with E-state index in [2.05, 4.69) is 11.3 Å². The third-order valence-corrected chi connectivity index (χ3v) is 1.43. The highest BCUT2D eigenvalue weighted by Gasteiger charge is 2.30. The molecule has 0 atom stereocenters. The van der Waals surface area contributed by atoms with Crippen LogP contribution < -0.4 is 0 Å². The number of ether oxygens (including phenoxy) is 1. The van der Waals surface area contributed by atoms with Gasteiger partial charge in [-0.25, -0.2) is 4.79 Å². The minimum atomic E-state index is -4.40. The molecule has 0 fully saturated rings. The first kappa shape index (κ1) is 13.0. The number of unbranched alkanes of at least 4 members (excludes halogenated alkanes) is 1. The zero-order chi connectivity index (χ0) is 11.2. The number of carbonyl (C=O) groups is 1. The normalized spacial score (nSPS) is 11.1. The molecule has 14 heavy (non-hydrogen) atoms. The Kier molecular flexibility index (Phi) is 5.27. The summed E-state index contributed by atoms with van der Waals surface area (Å²) in [6.45, 7) is 5.06. The van der Waals surface area contributed by atoms with E-state index in [9.17, 15) is 18.0 Å². The lowest BCUT2D eigenvalue weighted by Crippen LogP contribution is -2.15. The molecule has 0 unspecified atom stereocenters. The van der Waals surface area contributed by atoms with E-state index >= 15 is 0 Å². The van der Waals surface area contributed by atoms with Crippen molar-refractivity contribution in [3.8, 4) is 0 Å². The molecule has 0 radical (unpaired) electrons. The monoisotopic (exact) mass is 210 g/mol. The van der Waals surface area contributed by atoms with Crippen LogP contribution in [0.4, 0.5) is 13.2 Å². The summed E-state index contributed by atoms with van der Waals surface area (Å²) in [7, 11) is 0. The predicted octanol–water partition coefficient (Wildman–Crippen LogP) is 2.84. The Morgan fingerprint density at radius 1 is 1.43 bits per heavy atom. The SMILES string of the molecule is C=C(CC(F)(F)F)C(=O)OCCCC. The molecule has 82 valence electrons. The quantitative estimate of drug-likeness (QED) is 0.396. The maximum Gasteiger partial charge on any atom is 0.393 e. The Morgan fingerprint density at radius 2 is 2.00 bits per heavy atom. The highest BCUT2D eigenvalue weighted by Crippen LogP contribution is 2.24. The van der Waals surface area contributed by atoms with Gasteiger partial charge in [0.25, 0.3) is 0 Å². The molecule has 0 aromatic heterocycles. The second kappa shape index (κ2) is 5.67. The van der Waals surface area contributed by atoms with Crippen molar-refractivity contribution in [2.24, 2.45) is 0 Å². The first-order chi connectivity index (χ1) is 6.37. The number of alkyl halides is 3. The summed E-state index contributed by atoms with van der Waals surface area (Å²) in [4.78, 5) is 10.9. The predicted molar refractivity (Wildman–Crippen MR) is 45.7 cm³/mol. The van der Waals surface area contributed by atoms with Gasteiger partial charge in [-0.05, 0) is 6.42 Å². The average molecular weight is 210 g/mol. The first-order valence-corrected chi connectivity index (χ1v) is 4.28. The van der Waals surface area contributed by atoms with Crippen LogP contribution >= 0.6 is 0 Å². The molecule has 0 saturated heterocycles. The van der Waals surface area contributed by atoms with E-state index in [-0.39, 0.29) is 6.61 Å². The average Bonchev–Trinajstić information content (AvgIpc) is 2.01. The summed E-state index contributed by atoms with van der Waals surface area (Å²) >= 11 is 0. The van der Waals surface area contributed by atoms with Crippen molar-refractivity contribution in [1.29, 1.82) is 0 Å². The van der Waals surface area contributed by atoms with E-state index in [1.807, 2.05) is 6.92 Å². The second-order valence-corrected chi connectivity index (χ2v) is 2.88. The third kappa shape index (κ3) is 6.51. The molecule has 0 aromatic carbocycles. The lowest BCUT2D eigenvalue weighted by atomic mass is 10.2. The van der Waals surface area contributed by atoms with Gasteiger partial charge in [-0.2, -0.15) is 13.2 Å². The number of hydrogen-bond donors (Lipinski definition) is 0. The van der Waals surface area contributed by atoms with Gasteiger partial charge in [-0.15, -0.1) is 0 Å². The van der Waals surface area contributed by atoms with Crippen molar-refractivity contribution in [2.75, 3.05) is 6.61 Å². The van der Waals surface area contributed by atoms with Crippen LogP contribution in [0.5, 0.6) is 0 Å². The fourth-order valence-electron chi connectivity index (χ4n) is 0.725. The van der Waals surface area contributed by atoms with Gasteiger partial charge in [0.1, 0.15) is 0 Å². The van der Waals surface area contributed by atoms with Gasteiger partial charge >= 0.3 is 12.1 Å². The molecule has 5 heteroatoms. The molecule has 0 aromatic rings. The van der Waals surface area contributed by atoms with E-state index in [1.54, 1.807) is 0 Å². The van der Waals surface area contributed by atoms with Crippen LogP contribution in [0.2, 0.25) is 0 Å². The van der Waals surface area contributed by atoms with E-state index in [4.69, 9.17) is 0 Å². The van der Waals surface area contributed by atoms with Crippen molar-refractivity contribution in [1.82, 2.24) is 0 Å². The minimum Gasteiger partial charge on any atom is -0.462 e. The summed E-state index contributed by atoms with van der Waals surface area (Å²) in [5.74, 6) is -0.962. The molecule has 2 nitrogen and oxygen atoms in total. The van der Waals surface area contributed by atoms with Gasteiger partial charge in [0.2, 0.25) is 0 Å². The maximum atomic E-state index is 11.8. The van der Waals surface area contributed by atoms with E-state index in [1.165, 1.54) is 0 Å². The molecule has 0 saturated carbocycles. The molecule has 0 spiro atoms. The molecule has 0 amide bonds. The molecular weight excluding hydrogens is 197 g/mol. The highest BCUT2D eigenvalue weighted by molar-refractivity contribution is 5.87. The Labute approximate surface area is 80.7 Å². The van der Waals surface area contributed by atoms with Crippen LogP contribution in [0, 0.1) is 0 Å². The zero-order valence-electron chi connectivity index (χ0n) is 7.99. The summed E-state index contributed by atoms with van der Waals surface area (Å²) in [6, 6.07) is 0. The van der Waals surface area contributed by atoms with Gasteiger partial charge in [0.05, 0.1) is 13.0 Å². The number of rotatable bonds is 5. The lowest BCUT2D eigenvalue weighted by molar-refractivity contribution is -0.147. The van der Waals surface area contributed by atoms with Gasteiger partial charge < -0.3 is 4.74 Å². The van der Waals surface area contributed by atoms with Crippen molar-refractivity contribution >= 4 is 5.97 Å². The molecule has 0 heterocycles. The number of esters is 1. The van der Waals surface area contributed by atoms with Crippen molar-refractivity contribution < 1.29 is 22.7 Å². The van der Waals surface area contributed by atoms with Gasteiger partial charge in [-0.1, -0.05) is 19.9 Å². The highest BCUT2D eigenvalue weighted by atomic mass is 19.4. The summed E-state index contributed by atoms with van der Waals surface area (Å²) < 4.78 is 39.9. The summed E-state index contributed by atoms with van der Waals surface area (Å²) in [6.07, 6.45) is -4.25. The van der Waals surface area contributed by atoms with Gasteiger partial charge in [-0.3, -0.25) is 0 Å². The van der Waals surface area contributed by atoms with Crippen LogP contribution in [-0.4, -0.2) is 18.8 Å². The van der Waals surface area contributed by atoms with Gasteiger partial charge in [0, 0.05) is 5.57 Å². The second-order valence-electron chi connectivity index (χ2n) is 2.88. The topological polar surface area (TPSA) is 26.3 Å². The molecule has 0 aliphatic carbocycles. The smallest absolute Gasteiger partial charge is 0.393 e. The Balaban J connectivity index is 3.83. The van der Waals surface area contributed by atoms with E-state index < -0.39 is 24.1 Å². The lowest BCUT2D eigenvalue weighted by Gasteiger charge is -2.08. The fourth-order valence-corrected chi connectivity index (χ4v) is 0.725. The van der Waals surface area contributed by atoms with Crippen LogP contribution in [0.1, 0.15) is 26.2 Å². The fraction of sp³-hybridized carbons (Fsp3) is 0.667. The minimum absolute atomic E-state index is 0.145. The molecular formula is C9H13F3O2. The van der Waals surface area contributed by atoms with Crippen LogP contribution in [0.3, 0.4) is 0 Å². The van der Waals surface area contributed by atoms with Crippen molar-refractivity contribution in [3.05, 3.63) is 12.2 Å². The molecule has 0 aliphatic heterocycles. The third-order valence-electron chi connectivity index (χ3n) is 1.43. The number of carbonyl (C=O) groups excluding carboxylic acids is 1. The largest absolute Gasteiger partial charge is 0.462 e. The first-order valence-electron chi connectivity index (χ1n) is 4.28. The van der Waals surface area contributed by atoms with E-state index in [0.717, 1.165) is 6.42 Å².